The topological polar surface area (TPSA) is 38.3 Å². The van der Waals surface area contributed by atoms with E-state index in [9.17, 15) is 8.60 Å². The molecular weight excluding hydrogens is 445 g/mol. The Morgan fingerprint density at radius 3 is 2.41 bits per heavy atom. The minimum atomic E-state index is -1.06. The lowest BCUT2D eigenvalue weighted by atomic mass is 9.77. The third kappa shape index (κ3) is 5.73. The first-order valence-corrected chi connectivity index (χ1v) is 13.8. The predicted molar refractivity (Wildman–Crippen MR) is 140 cm³/mol. The molecule has 0 saturated heterocycles. The number of benzene rings is 2. The second-order valence-corrected chi connectivity index (χ2v) is 11.9. The molecule has 0 aromatic heterocycles. The zero-order valence-corrected chi connectivity index (χ0v) is 21.4. The summed E-state index contributed by atoms with van der Waals surface area (Å²) < 4.78 is 31.7. The van der Waals surface area contributed by atoms with Gasteiger partial charge in [0.1, 0.15) is 16.7 Å². The van der Waals surface area contributed by atoms with Gasteiger partial charge in [-0.05, 0) is 93.0 Å². The molecule has 3 saturated carbocycles. The first-order chi connectivity index (χ1) is 16.5. The lowest BCUT2D eigenvalue weighted by Crippen LogP contribution is -2.27. The highest BCUT2D eigenvalue weighted by Crippen LogP contribution is 2.44. The monoisotopic (exact) mass is 483 g/mol. The van der Waals surface area contributed by atoms with Crippen LogP contribution in [0.15, 0.2) is 54.7 Å². The summed E-state index contributed by atoms with van der Waals surface area (Å²) >= 11 is 0. The predicted octanol–water partition coefficient (Wildman–Crippen LogP) is 7.39. The van der Waals surface area contributed by atoms with E-state index in [2.05, 4.69) is 60.7 Å². The minimum absolute atomic E-state index is 0.0746. The van der Waals surface area contributed by atoms with Gasteiger partial charge < -0.3 is 9.46 Å². The van der Waals surface area contributed by atoms with Gasteiger partial charge in [-0.3, -0.25) is 4.39 Å². The van der Waals surface area contributed by atoms with Crippen LogP contribution in [0, 0.1) is 0 Å². The Morgan fingerprint density at radius 1 is 1.06 bits per heavy atom. The van der Waals surface area contributed by atoms with E-state index in [1.165, 1.54) is 54.4 Å². The zero-order chi connectivity index (χ0) is 24.1. The molecule has 1 atom stereocenters. The van der Waals surface area contributed by atoms with E-state index in [1.54, 1.807) is 0 Å². The quantitative estimate of drug-likeness (QED) is 0.404. The standard InChI is InChI=1S/C28H35NO2S.CH3F/c1-20(29-32(30)28(2)16-17-28)18-21-14-15-27(31-23-10-3-4-11-23)26(19-21)25-13-6-5-12-24(25)22-8-7-9-22;1-2/h5-6,12-15,19,22-23,29H,1,3-4,7-11,16-18H2,2H3;1H3. The van der Waals surface area contributed by atoms with Crippen molar-refractivity contribution in [3.8, 4) is 16.9 Å². The van der Waals surface area contributed by atoms with Gasteiger partial charge in [-0.1, -0.05) is 43.3 Å². The molecule has 3 fully saturated rings. The highest BCUT2D eigenvalue weighted by Gasteiger charge is 2.44. The number of halogens is 1. The van der Waals surface area contributed by atoms with Gasteiger partial charge in [-0.2, -0.15) is 0 Å². The summed E-state index contributed by atoms with van der Waals surface area (Å²) in [6.07, 6.45) is 11.8. The summed E-state index contributed by atoms with van der Waals surface area (Å²) in [5.41, 5.74) is 5.95. The van der Waals surface area contributed by atoms with Crippen molar-refractivity contribution >= 4 is 11.0 Å². The van der Waals surface area contributed by atoms with E-state index in [-0.39, 0.29) is 4.75 Å². The van der Waals surface area contributed by atoms with Crippen molar-refractivity contribution in [2.75, 3.05) is 7.18 Å². The van der Waals surface area contributed by atoms with Crippen LogP contribution in [0.5, 0.6) is 5.75 Å². The van der Waals surface area contributed by atoms with Crippen LogP contribution in [0.4, 0.5) is 4.39 Å². The Balaban J connectivity index is 0.00000133. The second-order valence-electron chi connectivity index (χ2n) is 10.2. The zero-order valence-electron chi connectivity index (χ0n) is 20.6. The molecular formula is C29H38FNO2S. The molecule has 0 radical (unpaired) electrons. The molecule has 34 heavy (non-hydrogen) atoms. The Hall–Kier alpha value is -2.14. The van der Waals surface area contributed by atoms with Crippen molar-refractivity contribution in [3.05, 3.63) is 65.9 Å². The number of allylic oxidation sites excluding steroid dienone is 1. The number of hydrogen-bond donors (Lipinski definition) is 1. The maximum Gasteiger partial charge on any atom is 0.127 e. The number of alkyl halides is 1. The summed E-state index contributed by atoms with van der Waals surface area (Å²) in [6.45, 7) is 6.25. The van der Waals surface area contributed by atoms with Crippen molar-refractivity contribution in [1.82, 2.24) is 4.72 Å². The van der Waals surface area contributed by atoms with Crippen molar-refractivity contribution in [1.29, 1.82) is 0 Å². The number of rotatable bonds is 9. The van der Waals surface area contributed by atoms with E-state index in [4.69, 9.17) is 4.74 Å². The first kappa shape index (κ1) is 25.0. The summed E-state index contributed by atoms with van der Waals surface area (Å²) in [5.74, 6) is 1.66. The number of hydrogen-bond acceptors (Lipinski definition) is 2. The molecule has 0 heterocycles. The third-order valence-corrected chi connectivity index (χ3v) is 9.27. The largest absolute Gasteiger partial charge is 0.490 e. The third-order valence-electron chi connectivity index (χ3n) is 7.49. The van der Waals surface area contributed by atoms with Crippen LogP contribution in [0.25, 0.3) is 11.1 Å². The molecule has 1 N–H and O–H groups in total. The van der Waals surface area contributed by atoms with Gasteiger partial charge in [-0.15, -0.1) is 0 Å². The van der Waals surface area contributed by atoms with Gasteiger partial charge in [-0.25, -0.2) is 4.21 Å². The first-order valence-electron chi connectivity index (χ1n) is 12.6. The van der Waals surface area contributed by atoms with E-state index < -0.39 is 11.0 Å². The molecule has 5 heteroatoms. The molecule has 0 aliphatic heterocycles. The van der Waals surface area contributed by atoms with E-state index >= 15 is 0 Å². The van der Waals surface area contributed by atoms with Crippen molar-refractivity contribution < 1.29 is 13.3 Å². The molecule has 5 rings (SSSR count). The van der Waals surface area contributed by atoms with Gasteiger partial charge in [0, 0.05) is 17.7 Å². The van der Waals surface area contributed by atoms with Crippen molar-refractivity contribution in [3.63, 3.8) is 0 Å². The van der Waals surface area contributed by atoms with Gasteiger partial charge in [0.05, 0.1) is 18.0 Å². The molecule has 3 nitrogen and oxygen atoms in total. The summed E-state index contributed by atoms with van der Waals surface area (Å²) in [4.78, 5) is 0. The van der Waals surface area contributed by atoms with Crippen LogP contribution in [0.3, 0.4) is 0 Å². The number of ether oxygens (including phenoxy) is 1. The van der Waals surface area contributed by atoms with Crippen LogP contribution >= 0.6 is 0 Å². The van der Waals surface area contributed by atoms with Gasteiger partial charge >= 0.3 is 0 Å². The van der Waals surface area contributed by atoms with Crippen molar-refractivity contribution in [2.24, 2.45) is 0 Å². The van der Waals surface area contributed by atoms with Crippen LogP contribution in [0.2, 0.25) is 0 Å². The number of nitrogens with one attached hydrogen (secondary N) is 1. The fraction of sp³-hybridized carbons (Fsp3) is 0.517. The molecule has 0 spiro atoms. The lowest BCUT2D eigenvalue weighted by Gasteiger charge is -2.29. The van der Waals surface area contributed by atoms with Crippen LogP contribution in [-0.2, 0) is 17.4 Å². The van der Waals surface area contributed by atoms with Crippen LogP contribution in [-0.4, -0.2) is 22.2 Å². The smallest absolute Gasteiger partial charge is 0.127 e. The molecule has 3 aliphatic rings. The van der Waals surface area contributed by atoms with E-state index in [0.717, 1.165) is 37.1 Å². The maximum atomic E-state index is 12.5. The maximum absolute atomic E-state index is 12.5. The SMILES string of the molecule is C=C(Cc1ccc(OC2CCCC2)c(-c2ccccc2C2CCC2)c1)NS(=O)C1(C)CC1.CF. The fourth-order valence-corrected chi connectivity index (χ4v) is 5.96. The Morgan fingerprint density at radius 2 is 1.76 bits per heavy atom. The minimum Gasteiger partial charge on any atom is -0.490 e. The normalized spacial score (nSPS) is 20.0. The van der Waals surface area contributed by atoms with Crippen molar-refractivity contribution in [2.45, 2.75) is 87.9 Å². The average Bonchev–Trinajstić information content (AvgIpc) is 3.36. The van der Waals surface area contributed by atoms with E-state index in [0.29, 0.717) is 25.6 Å². The second kappa shape index (κ2) is 11.1. The highest BCUT2D eigenvalue weighted by molar-refractivity contribution is 7.84. The summed E-state index contributed by atoms with van der Waals surface area (Å²) in [7, 11) is -0.557. The summed E-state index contributed by atoms with van der Waals surface area (Å²) in [5, 5.41) is 0. The molecule has 2 aromatic rings. The lowest BCUT2D eigenvalue weighted by molar-refractivity contribution is 0.211. The highest BCUT2D eigenvalue weighted by atomic mass is 32.2. The molecule has 3 aliphatic carbocycles. The van der Waals surface area contributed by atoms with Gasteiger partial charge in [0.2, 0.25) is 0 Å². The van der Waals surface area contributed by atoms with Crippen LogP contribution in [0.1, 0.15) is 81.8 Å². The summed E-state index contributed by atoms with van der Waals surface area (Å²) in [6, 6.07) is 15.4. The van der Waals surface area contributed by atoms with E-state index in [1.807, 2.05) is 0 Å². The van der Waals surface area contributed by atoms with Gasteiger partial charge in [0.25, 0.3) is 0 Å². The molecule has 1 unspecified atom stereocenters. The van der Waals surface area contributed by atoms with Crippen LogP contribution < -0.4 is 9.46 Å². The molecule has 2 aromatic carbocycles. The fourth-order valence-electron chi connectivity index (χ4n) is 4.90. The Labute approximate surface area is 206 Å². The molecule has 184 valence electrons. The Bertz CT molecular complexity index is 1020. The Kier molecular flexibility index (Phi) is 8.13. The molecule has 0 bridgehead atoms. The molecule has 0 amide bonds. The average molecular weight is 484 g/mol. The van der Waals surface area contributed by atoms with Gasteiger partial charge in [0.15, 0.2) is 0 Å².